The Labute approximate surface area is 77.3 Å². The summed E-state index contributed by atoms with van der Waals surface area (Å²) in [5.74, 6) is -6.15. The summed E-state index contributed by atoms with van der Waals surface area (Å²) in [5.41, 5.74) is 0. The zero-order chi connectivity index (χ0) is 10.9. The summed E-state index contributed by atoms with van der Waals surface area (Å²) >= 11 is 0. The number of alkyl halides is 3. The van der Waals surface area contributed by atoms with Gasteiger partial charge in [-0.25, -0.2) is 0 Å². The van der Waals surface area contributed by atoms with Gasteiger partial charge in [0.15, 0.2) is 11.6 Å². The van der Waals surface area contributed by atoms with E-state index in [2.05, 4.69) is 0 Å². The predicted octanol–water partition coefficient (Wildman–Crippen LogP) is 1.06. The van der Waals surface area contributed by atoms with Crippen LogP contribution in [0.25, 0.3) is 0 Å². The van der Waals surface area contributed by atoms with E-state index in [1.54, 1.807) is 0 Å². The van der Waals surface area contributed by atoms with Crippen molar-refractivity contribution in [2.45, 2.75) is 25.4 Å². The van der Waals surface area contributed by atoms with Crippen LogP contribution in [0.15, 0.2) is 0 Å². The second-order valence-corrected chi connectivity index (χ2v) is 3.08. The number of carbonyl (C=O) groups is 3. The monoisotopic (exact) mass is 208 g/mol. The van der Waals surface area contributed by atoms with Crippen LogP contribution >= 0.6 is 0 Å². The van der Waals surface area contributed by atoms with Gasteiger partial charge in [-0.05, 0) is 6.42 Å². The predicted molar refractivity (Wildman–Crippen MR) is 38.4 cm³/mol. The van der Waals surface area contributed by atoms with Crippen LogP contribution in [-0.2, 0) is 14.4 Å². The van der Waals surface area contributed by atoms with Crippen molar-refractivity contribution >= 4 is 17.3 Å². The molecule has 0 aromatic heterocycles. The van der Waals surface area contributed by atoms with Crippen molar-refractivity contribution in [3.8, 4) is 0 Å². The first-order chi connectivity index (χ1) is 6.34. The van der Waals surface area contributed by atoms with Gasteiger partial charge >= 0.3 is 6.18 Å². The highest BCUT2D eigenvalue weighted by Crippen LogP contribution is 2.26. The Bertz CT molecular complexity index is 277. The van der Waals surface area contributed by atoms with Crippen LogP contribution in [0.5, 0.6) is 0 Å². The van der Waals surface area contributed by atoms with E-state index in [0.717, 1.165) is 0 Å². The van der Waals surface area contributed by atoms with Crippen LogP contribution in [0.3, 0.4) is 0 Å². The Balaban J connectivity index is 2.89. The van der Waals surface area contributed by atoms with Gasteiger partial charge < -0.3 is 0 Å². The molecule has 1 rings (SSSR count). The van der Waals surface area contributed by atoms with Gasteiger partial charge in [0, 0.05) is 12.8 Å². The van der Waals surface area contributed by atoms with E-state index < -0.39 is 29.4 Å². The van der Waals surface area contributed by atoms with E-state index in [-0.39, 0.29) is 19.3 Å². The summed E-state index contributed by atoms with van der Waals surface area (Å²) in [6, 6.07) is 0. The van der Waals surface area contributed by atoms with E-state index in [1.807, 2.05) is 0 Å². The average Bonchev–Trinajstić information content (AvgIpc) is 2.01. The average molecular weight is 208 g/mol. The highest BCUT2D eigenvalue weighted by molar-refractivity contribution is 6.21. The summed E-state index contributed by atoms with van der Waals surface area (Å²) in [7, 11) is 0. The second kappa shape index (κ2) is 3.51. The van der Waals surface area contributed by atoms with Gasteiger partial charge in [-0.15, -0.1) is 0 Å². The van der Waals surface area contributed by atoms with Gasteiger partial charge in [0.1, 0.15) is 5.92 Å². The van der Waals surface area contributed by atoms with Gasteiger partial charge in [-0.3, -0.25) is 14.4 Å². The molecule has 1 aliphatic carbocycles. The minimum absolute atomic E-state index is 0.127. The van der Waals surface area contributed by atoms with Gasteiger partial charge in [-0.2, -0.15) is 13.2 Å². The smallest absolute Gasteiger partial charge is 0.298 e. The van der Waals surface area contributed by atoms with E-state index in [9.17, 15) is 27.6 Å². The second-order valence-electron chi connectivity index (χ2n) is 3.08. The Kier molecular flexibility index (Phi) is 2.73. The van der Waals surface area contributed by atoms with Gasteiger partial charge in [0.05, 0.1) is 0 Å². The number of hydrogen-bond acceptors (Lipinski definition) is 3. The van der Waals surface area contributed by atoms with Crippen LogP contribution in [0, 0.1) is 5.92 Å². The quantitative estimate of drug-likeness (QED) is 0.605. The third-order valence-corrected chi connectivity index (χ3v) is 2.03. The SMILES string of the molecule is O=C1CCCC(=O)C1C(=O)C(F)(F)F. The minimum Gasteiger partial charge on any atom is -0.298 e. The molecule has 0 aromatic carbocycles. The van der Waals surface area contributed by atoms with Crippen molar-refractivity contribution in [1.29, 1.82) is 0 Å². The van der Waals surface area contributed by atoms with Crippen molar-refractivity contribution in [2.75, 3.05) is 0 Å². The maximum atomic E-state index is 11.9. The van der Waals surface area contributed by atoms with Crippen LogP contribution < -0.4 is 0 Å². The summed E-state index contributed by atoms with van der Waals surface area (Å²) < 4.78 is 35.8. The fourth-order valence-corrected chi connectivity index (χ4v) is 1.36. The van der Waals surface area contributed by atoms with Gasteiger partial charge in [0.25, 0.3) is 5.78 Å². The normalized spacial score (nSPS) is 19.9. The van der Waals surface area contributed by atoms with E-state index in [1.165, 1.54) is 0 Å². The molecular formula is C8H7F3O3. The van der Waals surface area contributed by atoms with Gasteiger partial charge in [-0.1, -0.05) is 0 Å². The maximum Gasteiger partial charge on any atom is 0.451 e. The van der Waals surface area contributed by atoms with E-state index in [0.29, 0.717) is 0 Å². The topological polar surface area (TPSA) is 51.2 Å². The number of hydrogen-bond donors (Lipinski definition) is 0. The number of ketones is 3. The Morgan fingerprint density at radius 3 is 1.93 bits per heavy atom. The molecule has 0 amide bonds. The summed E-state index contributed by atoms with van der Waals surface area (Å²) in [5, 5.41) is 0. The molecule has 78 valence electrons. The minimum atomic E-state index is -5.10. The number of carbonyl (C=O) groups excluding carboxylic acids is 3. The molecule has 1 aliphatic rings. The fourth-order valence-electron chi connectivity index (χ4n) is 1.36. The molecule has 0 aliphatic heterocycles. The molecule has 0 unspecified atom stereocenters. The summed E-state index contributed by atoms with van der Waals surface area (Å²) in [6.45, 7) is 0. The van der Waals surface area contributed by atoms with E-state index in [4.69, 9.17) is 0 Å². The highest BCUT2D eigenvalue weighted by Gasteiger charge is 2.49. The van der Waals surface area contributed by atoms with E-state index >= 15 is 0 Å². The molecule has 14 heavy (non-hydrogen) atoms. The first-order valence-corrected chi connectivity index (χ1v) is 4.00. The first kappa shape index (κ1) is 10.9. The van der Waals surface area contributed by atoms with Crippen molar-refractivity contribution in [3.05, 3.63) is 0 Å². The molecule has 6 heteroatoms. The molecule has 0 bridgehead atoms. The third kappa shape index (κ3) is 2.00. The first-order valence-electron chi connectivity index (χ1n) is 4.00. The molecule has 0 heterocycles. The highest BCUT2D eigenvalue weighted by atomic mass is 19.4. The lowest BCUT2D eigenvalue weighted by Gasteiger charge is -2.18. The summed E-state index contributed by atoms with van der Waals surface area (Å²) in [4.78, 5) is 32.6. The lowest BCUT2D eigenvalue weighted by molar-refractivity contribution is -0.178. The van der Waals surface area contributed by atoms with Crippen molar-refractivity contribution < 1.29 is 27.6 Å². The molecule has 3 nitrogen and oxygen atoms in total. The number of halogens is 3. The van der Waals surface area contributed by atoms with Crippen molar-refractivity contribution in [2.24, 2.45) is 5.92 Å². The Morgan fingerprint density at radius 1 is 1.14 bits per heavy atom. The fraction of sp³-hybridized carbons (Fsp3) is 0.625. The van der Waals surface area contributed by atoms with Gasteiger partial charge in [0.2, 0.25) is 0 Å². The molecule has 1 saturated carbocycles. The zero-order valence-corrected chi connectivity index (χ0v) is 7.06. The zero-order valence-electron chi connectivity index (χ0n) is 7.06. The summed E-state index contributed by atoms with van der Waals surface area (Å²) in [6.07, 6.45) is -5.12. The van der Waals surface area contributed by atoms with Crippen molar-refractivity contribution in [1.82, 2.24) is 0 Å². The number of Topliss-reactive ketones (excluding diaryl/α,β-unsaturated/α-hetero) is 3. The molecule has 0 radical (unpaired) electrons. The Morgan fingerprint density at radius 2 is 1.57 bits per heavy atom. The van der Waals surface area contributed by atoms with Crippen LogP contribution in [0.2, 0.25) is 0 Å². The Hall–Kier alpha value is -1.20. The molecule has 0 atom stereocenters. The standard InChI is InChI=1S/C8H7F3O3/c9-8(10,11)7(14)6-4(12)2-1-3-5(6)13/h6H,1-3H2. The van der Waals surface area contributed by atoms with Crippen LogP contribution in [0.1, 0.15) is 19.3 Å². The molecule has 0 saturated heterocycles. The molecule has 0 aromatic rings. The molecule has 0 N–H and O–H groups in total. The number of rotatable bonds is 1. The lowest BCUT2D eigenvalue weighted by atomic mass is 9.83. The molecule has 1 fully saturated rings. The van der Waals surface area contributed by atoms with Crippen LogP contribution in [-0.4, -0.2) is 23.5 Å². The largest absolute Gasteiger partial charge is 0.451 e. The van der Waals surface area contributed by atoms with Crippen LogP contribution in [0.4, 0.5) is 13.2 Å². The lowest BCUT2D eigenvalue weighted by Crippen LogP contribution is -2.42. The molecular weight excluding hydrogens is 201 g/mol. The van der Waals surface area contributed by atoms with Crippen molar-refractivity contribution in [3.63, 3.8) is 0 Å². The third-order valence-electron chi connectivity index (χ3n) is 2.03. The molecule has 0 spiro atoms. The maximum absolute atomic E-state index is 11.9.